The minimum atomic E-state index is -0.0365. The maximum absolute atomic E-state index is 12.9. The highest BCUT2D eigenvalue weighted by Gasteiger charge is 2.24. The Balaban J connectivity index is 1.23. The first-order valence-corrected chi connectivity index (χ1v) is 10.3. The van der Waals surface area contributed by atoms with Crippen LogP contribution in [-0.4, -0.2) is 52.1 Å². The van der Waals surface area contributed by atoms with Gasteiger partial charge < -0.3 is 9.32 Å². The highest BCUT2D eigenvalue weighted by Crippen LogP contribution is 2.22. The van der Waals surface area contributed by atoms with Crippen molar-refractivity contribution >= 4 is 16.7 Å². The smallest absolute Gasteiger partial charge is 0.274 e. The molecular formula is C24H24N4O2. The van der Waals surface area contributed by atoms with Gasteiger partial charge in [0, 0.05) is 38.8 Å². The zero-order valence-corrected chi connectivity index (χ0v) is 17.0. The Morgan fingerprint density at radius 2 is 1.83 bits per heavy atom. The van der Waals surface area contributed by atoms with E-state index in [2.05, 4.69) is 57.6 Å². The molecule has 1 N–H and O–H groups in total. The van der Waals surface area contributed by atoms with Crippen molar-refractivity contribution in [3.63, 3.8) is 0 Å². The van der Waals surface area contributed by atoms with Crippen LogP contribution in [0.5, 0.6) is 0 Å². The summed E-state index contributed by atoms with van der Waals surface area (Å²) in [6, 6.07) is 20.5. The summed E-state index contributed by atoms with van der Waals surface area (Å²) in [7, 11) is 0. The fourth-order valence-corrected chi connectivity index (χ4v) is 4.08. The molecule has 3 heterocycles. The molecule has 1 fully saturated rings. The number of nitrogens with one attached hydrogen (secondary N) is 1. The van der Waals surface area contributed by atoms with Gasteiger partial charge in [-0.25, -0.2) is 0 Å². The number of carbonyl (C=O) groups is 1. The third-order valence-corrected chi connectivity index (χ3v) is 5.74. The van der Waals surface area contributed by atoms with Crippen molar-refractivity contribution in [3.8, 4) is 11.5 Å². The number of carbonyl (C=O) groups excluding carboxylic acids is 1. The normalized spacial score (nSPS) is 15.0. The van der Waals surface area contributed by atoms with Crippen LogP contribution in [0.15, 0.2) is 65.1 Å². The Morgan fingerprint density at radius 3 is 2.63 bits per heavy atom. The molecule has 0 unspecified atom stereocenters. The molecule has 1 aliphatic rings. The predicted octanol–water partition coefficient (Wildman–Crippen LogP) is 4.09. The quantitative estimate of drug-likeness (QED) is 0.560. The molecule has 4 aromatic rings. The first-order valence-electron chi connectivity index (χ1n) is 10.3. The first-order chi connectivity index (χ1) is 14.7. The van der Waals surface area contributed by atoms with Gasteiger partial charge in [0.2, 0.25) is 0 Å². The average molecular weight is 400 g/mol. The number of piperazine rings is 1. The van der Waals surface area contributed by atoms with E-state index >= 15 is 0 Å². The largest absolute Gasteiger partial charge is 0.460 e. The number of hydrogen-bond acceptors (Lipinski definition) is 4. The number of furan rings is 1. The molecule has 0 radical (unpaired) electrons. The molecule has 30 heavy (non-hydrogen) atoms. The van der Waals surface area contributed by atoms with Crippen molar-refractivity contribution in [1.82, 2.24) is 20.0 Å². The Hall–Kier alpha value is -3.38. The number of aromatic amines is 1. The first kappa shape index (κ1) is 18.6. The molecule has 1 aliphatic heterocycles. The Morgan fingerprint density at radius 1 is 1.03 bits per heavy atom. The number of rotatable bonds is 4. The molecule has 0 bridgehead atoms. The predicted molar refractivity (Wildman–Crippen MR) is 116 cm³/mol. The van der Waals surface area contributed by atoms with E-state index in [1.807, 2.05) is 24.0 Å². The van der Waals surface area contributed by atoms with Gasteiger partial charge in [-0.15, -0.1) is 0 Å². The number of aryl methyl sites for hydroxylation is 1. The lowest BCUT2D eigenvalue weighted by Gasteiger charge is -2.34. The summed E-state index contributed by atoms with van der Waals surface area (Å²) in [5, 5.41) is 9.69. The second-order valence-electron chi connectivity index (χ2n) is 7.78. The number of H-pyrrole nitrogens is 1. The summed E-state index contributed by atoms with van der Waals surface area (Å²) in [5.74, 6) is 1.49. The maximum Gasteiger partial charge on any atom is 0.274 e. The Bertz CT molecular complexity index is 1180. The van der Waals surface area contributed by atoms with Crippen LogP contribution in [-0.2, 0) is 6.54 Å². The summed E-state index contributed by atoms with van der Waals surface area (Å²) in [4.78, 5) is 17.2. The molecule has 5 rings (SSSR count). The molecule has 0 spiro atoms. The molecule has 0 aliphatic carbocycles. The minimum Gasteiger partial charge on any atom is -0.460 e. The zero-order valence-electron chi connectivity index (χ0n) is 17.0. The zero-order chi connectivity index (χ0) is 20.5. The molecule has 0 saturated carbocycles. The van der Waals surface area contributed by atoms with Crippen LogP contribution < -0.4 is 0 Å². The van der Waals surface area contributed by atoms with Crippen molar-refractivity contribution in [1.29, 1.82) is 0 Å². The average Bonchev–Trinajstić information content (AvgIpc) is 3.43. The second kappa shape index (κ2) is 7.80. The molecule has 1 amide bonds. The van der Waals surface area contributed by atoms with Crippen molar-refractivity contribution in [2.45, 2.75) is 13.5 Å². The van der Waals surface area contributed by atoms with Gasteiger partial charge >= 0.3 is 0 Å². The van der Waals surface area contributed by atoms with Crippen LogP contribution in [0.2, 0.25) is 0 Å². The van der Waals surface area contributed by atoms with E-state index in [-0.39, 0.29) is 5.91 Å². The summed E-state index contributed by atoms with van der Waals surface area (Å²) >= 11 is 0. The minimum absolute atomic E-state index is 0.0365. The van der Waals surface area contributed by atoms with Crippen LogP contribution in [0, 0.1) is 6.92 Å². The van der Waals surface area contributed by atoms with Crippen LogP contribution in [0.3, 0.4) is 0 Å². The SMILES string of the molecule is Cc1ccc(-c2cc(C(=O)N3CCN(Cc4cccc5ccccc45)CC3)n[nH]2)o1. The van der Waals surface area contributed by atoms with Crippen molar-refractivity contribution in [2.24, 2.45) is 0 Å². The standard InChI is InChI=1S/C24H24N4O2/c1-17-9-10-23(30-17)21-15-22(26-25-21)24(29)28-13-11-27(12-14-28)16-19-7-4-6-18-5-2-3-8-20(18)19/h2-10,15H,11-14,16H2,1H3,(H,25,26). The topological polar surface area (TPSA) is 65.4 Å². The lowest BCUT2D eigenvalue weighted by Crippen LogP contribution is -2.48. The summed E-state index contributed by atoms with van der Waals surface area (Å²) < 4.78 is 5.61. The van der Waals surface area contributed by atoms with Gasteiger partial charge in [-0.05, 0) is 35.4 Å². The maximum atomic E-state index is 12.9. The highest BCUT2D eigenvalue weighted by molar-refractivity contribution is 5.93. The number of fused-ring (bicyclic) bond motifs is 1. The fourth-order valence-electron chi connectivity index (χ4n) is 4.08. The van der Waals surface area contributed by atoms with Gasteiger partial charge in [0.05, 0.1) is 0 Å². The molecule has 0 atom stereocenters. The van der Waals surface area contributed by atoms with Crippen LogP contribution in [0.25, 0.3) is 22.2 Å². The lowest BCUT2D eigenvalue weighted by atomic mass is 10.0. The third-order valence-electron chi connectivity index (χ3n) is 5.74. The van der Waals surface area contributed by atoms with E-state index in [0.29, 0.717) is 24.5 Å². The van der Waals surface area contributed by atoms with Gasteiger partial charge in [-0.3, -0.25) is 14.8 Å². The molecule has 2 aromatic heterocycles. The summed E-state index contributed by atoms with van der Waals surface area (Å²) in [5.41, 5.74) is 2.49. The third kappa shape index (κ3) is 3.62. The van der Waals surface area contributed by atoms with Gasteiger partial charge in [-0.1, -0.05) is 42.5 Å². The van der Waals surface area contributed by atoms with E-state index in [4.69, 9.17) is 4.42 Å². The molecule has 6 heteroatoms. The van der Waals surface area contributed by atoms with E-state index in [1.165, 1.54) is 16.3 Å². The van der Waals surface area contributed by atoms with Crippen molar-refractivity contribution in [2.75, 3.05) is 26.2 Å². The van der Waals surface area contributed by atoms with Gasteiger partial charge in [0.1, 0.15) is 11.5 Å². The highest BCUT2D eigenvalue weighted by atomic mass is 16.3. The van der Waals surface area contributed by atoms with Gasteiger partial charge in [0.15, 0.2) is 11.5 Å². The molecular weight excluding hydrogens is 376 g/mol. The molecule has 1 saturated heterocycles. The number of aromatic nitrogens is 2. The number of nitrogens with zero attached hydrogens (tertiary/aromatic N) is 3. The number of hydrogen-bond donors (Lipinski definition) is 1. The van der Waals surface area contributed by atoms with Gasteiger partial charge in [-0.2, -0.15) is 5.10 Å². The monoisotopic (exact) mass is 400 g/mol. The van der Waals surface area contributed by atoms with Crippen molar-refractivity contribution < 1.29 is 9.21 Å². The fraction of sp³-hybridized carbons (Fsp3) is 0.250. The van der Waals surface area contributed by atoms with E-state index in [0.717, 1.165) is 31.1 Å². The second-order valence-corrected chi connectivity index (χ2v) is 7.78. The van der Waals surface area contributed by atoms with Crippen LogP contribution in [0.1, 0.15) is 21.8 Å². The van der Waals surface area contributed by atoms with Crippen LogP contribution >= 0.6 is 0 Å². The molecule has 152 valence electrons. The van der Waals surface area contributed by atoms with E-state index in [1.54, 1.807) is 6.07 Å². The van der Waals surface area contributed by atoms with Crippen molar-refractivity contribution in [3.05, 3.63) is 77.7 Å². The Kier molecular flexibility index (Phi) is 4.85. The molecule has 6 nitrogen and oxygen atoms in total. The lowest BCUT2D eigenvalue weighted by molar-refractivity contribution is 0.0623. The number of amides is 1. The van der Waals surface area contributed by atoms with E-state index in [9.17, 15) is 4.79 Å². The summed E-state index contributed by atoms with van der Waals surface area (Å²) in [6.45, 7) is 5.89. The van der Waals surface area contributed by atoms with Crippen LogP contribution in [0.4, 0.5) is 0 Å². The number of benzene rings is 2. The molecule has 2 aromatic carbocycles. The summed E-state index contributed by atoms with van der Waals surface area (Å²) in [6.07, 6.45) is 0. The Labute approximate surface area is 175 Å². The van der Waals surface area contributed by atoms with E-state index < -0.39 is 0 Å². The van der Waals surface area contributed by atoms with Gasteiger partial charge in [0.25, 0.3) is 5.91 Å².